The van der Waals surface area contributed by atoms with Crippen LogP contribution in [0, 0.1) is 24.2 Å². The maximum atomic E-state index is 9.27. The standard InChI is InChI=1S/C13H18N4O/c1-5-17-13-11(8(4)16-17)10(7(2)3)9(6-14)12(15)18-13/h7,10H,5,15H2,1-4H3/t10-/m0/s1. The maximum absolute atomic E-state index is 9.27. The molecule has 5 nitrogen and oxygen atoms in total. The van der Waals surface area contributed by atoms with Crippen molar-refractivity contribution in [2.45, 2.75) is 40.2 Å². The molecular weight excluding hydrogens is 228 g/mol. The first-order valence-corrected chi connectivity index (χ1v) is 6.16. The molecule has 5 heteroatoms. The molecule has 0 bridgehead atoms. The first-order chi connectivity index (χ1) is 8.51. The Balaban J connectivity index is 2.66. The normalized spacial score (nSPS) is 18.6. The number of allylic oxidation sites excluding steroid dienone is 1. The van der Waals surface area contributed by atoms with Crippen LogP contribution in [0.4, 0.5) is 0 Å². The predicted molar refractivity (Wildman–Crippen MR) is 67.7 cm³/mol. The first kappa shape index (κ1) is 12.5. The Morgan fingerprint density at radius 1 is 1.56 bits per heavy atom. The Morgan fingerprint density at radius 2 is 2.22 bits per heavy atom. The Labute approximate surface area is 107 Å². The van der Waals surface area contributed by atoms with Gasteiger partial charge in [0.05, 0.1) is 11.3 Å². The van der Waals surface area contributed by atoms with Crippen molar-refractivity contribution < 1.29 is 4.74 Å². The summed E-state index contributed by atoms with van der Waals surface area (Å²) >= 11 is 0. The number of hydrogen-bond donors (Lipinski definition) is 1. The molecule has 1 atom stereocenters. The summed E-state index contributed by atoms with van der Waals surface area (Å²) in [6.07, 6.45) is 0. The van der Waals surface area contributed by atoms with Crippen molar-refractivity contribution in [3.8, 4) is 11.9 Å². The highest BCUT2D eigenvalue weighted by molar-refractivity contribution is 5.49. The van der Waals surface area contributed by atoms with Crippen LogP contribution in [0.5, 0.6) is 5.88 Å². The Hall–Kier alpha value is -1.96. The molecule has 1 aromatic heterocycles. The molecule has 0 aliphatic carbocycles. The lowest BCUT2D eigenvalue weighted by Gasteiger charge is -2.26. The van der Waals surface area contributed by atoms with Crippen LogP contribution in [-0.4, -0.2) is 9.78 Å². The number of nitrogens with zero attached hydrogens (tertiary/aromatic N) is 3. The van der Waals surface area contributed by atoms with Gasteiger partial charge in [-0.25, -0.2) is 4.68 Å². The third-order valence-electron chi connectivity index (χ3n) is 3.31. The molecule has 1 aromatic rings. The quantitative estimate of drug-likeness (QED) is 0.866. The minimum Gasteiger partial charge on any atom is -0.422 e. The summed E-state index contributed by atoms with van der Waals surface area (Å²) in [5, 5.41) is 13.7. The van der Waals surface area contributed by atoms with E-state index < -0.39 is 0 Å². The second-order valence-corrected chi connectivity index (χ2v) is 4.83. The zero-order valence-corrected chi connectivity index (χ0v) is 11.2. The number of ether oxygens (including phenoxy) is 1. The average Bonchev–Trinajstić information content (AvgIpc) is 2.63. The van der Waals surface area contributed by atoms with Gasteiger partial charge >= 0.3 is 0 Å². The monoisotopic (exact) mass is 246 g/mol. The molecule has 1 aliphatic heterocycles. The first-order valence-electron chi connectivity index (χ1n) is 6.16. The van der Waals surface area contributed by atoms with Gasteiger partial charge in [-0.1, -0.05) is 13.8 Å². The number of aryl methyl sites for hydroxylation is 2. The van der Waals surface area contributed by atoms with Crippen LogP contribution in [0.25, 0.3) is 0 Å². The van der Waals surface area contributed by atoms with Crippen LogP contribution < -0.4 is 10.5 Å². The van der Waals surface area contributed by atoms with Gasteiger partial charge in [0.25, 0.3) is 0 Å². The van der Waals surface area contributed by atoms with Gasteiger partial charge in [0.15, 0.2) is 0 Å². The van der Waals surface area contributed by atoms with E-state index in [0.29, 0.717) is 11.5 Å². The minimum absolute atomic E-state index is 0.0287. The molecule has 0 radical (unpaired) electrons. The lowest BCUT2D eigenvalue weighted by molar-refractivity contribution is 0.336. The van der Waals surface area contributed by atoms with Gasteiger partial charge in [-0.2, -0.15) is 10.4 Å². The number of nitriles is 1. The van der Waals surface area contributed by atoms with Crippen LogP contribution in [0.1, 0.15) is 37.9 Å². The van der Waals surface area contributed by atoms with E-state index in [2.05, 4.69) is 25.0 Å². The number of rotatable bonds is 2. The summed E-state index contributed by atoms with van der Waals surface area (Å²) in [7, 11) is 0. The number of fused-ring (bicyclic) bond motifs is 1. The smallest absolute Gasteiger partial charge is 0.223 e. The molecule has 0 fully saturated rings. The maximum Gasteiger partial charge on any atom is 0.223 e. The fourth-order valence-electron chi connectivity index (χ4n) is 2.50. The van der Waals surface area contributed by atoms with E-state index in [4.69, 9.17) is 10.5 Å². The van der Waals surface area contributed by atoms with Gasteiger partial charge in [0.2, 0.25) is 11.8 Å². The van der Waals surface area contributed by atoms with Gasteiger partial charge < -0.3 is 10.5 Å². The van der Waals surface area contributed by atoms with Gasteiger partial charge in [0.1, 0.15) is 6.07 Å². The molecule has 0 unspecified atom stereocenters. The Bertz CT molecular complexity index is 548. The van der Waals surface area contributed by atoms with E-state index in [-0.39, 0.29) is 17.7 Å². The minimum atomic E-state index is -0.0287. The molecule has 2 N–H and O–H groups in total. The largest absolute Gasteiger partial charge is 0.422 e. The molecule has 96 valence electrons. The molecule has 0 aromatic carbocycles. The average molecular weight is 246 g/mol. The van der Waals surface area contributed by atoms with Crippen molar-refractivity contribution >= 4 is 0 Å². The zero-order valence-electron chi connectivity index (χ0n) is 11.2. The van der Waals surface area contributed by atoms with E-state index in [9.17, 15) is 5.26 Å². The van der Waals surface area contributed by atoms with Crippen molar-refractivity contribution in [2.24, 2.45) is 11.7 Å². The summed E-state index contributed by atoms with van der Waals surface area (Å²) in [5.74, 6) is 1.14. The van der Waals surface area contributed by atoms with Crippen LogP contribution >= 0.6 is 0 Å². The van der Waals surface area contributed by atoms with Crippen molar-refractivity contribution in [3.05, 3.63) is 22.7 Å². The highest BCUT2D eigenvalue weighted by Gasteiger charge is 2.35. The van der Waals surface area contributed by atoms with Crippen LogP contribution in [-0.2, 0) is 6.54 Å². The second-order valence-electron chi connectivity index (χ2n) is 4.83. The SMILES string of the molecule is CCn1nc(C)c2c1OC(N)=C(C#N)[C@@H]2C(C)C. The second kappa shape index (κ2) is 4.37. The fraction of sp³-hybridized carbons (Fsp3) is 0.538. The summed E-state index contributed by atoms with van der Waals surface area (Å²) in [6.45, 7) is 8.82. The Kier molecular flexibility index (Phi) is 3.04. The zero-order chi connectivity index (χ0) is 13.4. The molecule has 1 aliphatic rings. The molecule has 0 spiro atoms. The van der Waals surface area contributed by atoms with E-state index in [1.165, 1.54) is 0 Å². The van der Waals surface area contributed by atoms with E-state index in [1.54, 1.807) is 4.68 Å². The summed E-state index contributed by atoms with van der Waals surface area (Å²) < 4.78 is 7.39. The molecule has 2 rings (SSSR count). The summed E-state index contributed by atoms with van der Waals surface area (Å²) in [6, 6.07) is 2.17. The third-order valence-corrected chi connectivity index (χ3v) is 3.31. The van der Waals surface area contributed by atoms with Gasteiger partial charge in [-0.05, 0) is 19.8 Å². The topological polar surface area (TPSA) is 76.9 Å². The number of aromatic nitrogens is 2. The third kappa shape index (κ3) is 1.65. The van der Waals surface area contributed by atoms with Gasteiger partial charge in [-0.15, -0.1) is 0 Å². The van der Waals surface area contributed by atoms with Crippen molar-refractivity contribution in [1.82, 2.24) is 9.78 Å². The van der Waals surface area contributed by atoms with Gasteiger partial charge in [-0.3, -0.25) is 0 Å². The lowest BCUT2D eigenvalue weighted by atomic mass is 9.81. The fourth-order valence-corrected chi connectivity index (χ4v) is 2.50. The number of nitrogens with two attached hydrogens (primary N) is 1. The summed E-state index contributed by atoms with van der Waals surface area (Å²) in [5.41, 5.74) is 8.28. The highest BCUT2D eigenvalue weighted by Crippen LogP contribution is 2.43. The van der Waals surface area contributed by atoms with Crippen LogP contribution in [0.15, 0.2) is 11.5 Å². The molecule has 2 heterocycles. The molecule has 0 amide bonds. The molecule has 0 saturated carbocycles. The van der Waals surface area contributed by atoms with E-state index in [0.717, 1.165) is 17.8 Å². The van der Waals surface area contributed by atoms with Gasteiger partial charge in [0, 0.05) is 18.0 Å². The van der Waals surface area contributed by atoms with Crippen molar-refractivity contribution in [1.29, 1.82) is 5.26 Å². The van der Waals surface area contributed by atoms with E-state index in [1.807, 2.05) is 13.8 Å². The Morgan fingerprint density at radius 3 is 2.72 bits per heavy atom. The van der Waals surface area contributed by atoms with E-state index >= 15 is 0 Å². The van der Waals surface area contributed by atoms with Crippen LogP contribution in [0.2, 0.25) is 0 Å². The van der Waals surface area contributed by atoms with Crippen molar-refractivity contribution in [3.63, 3.8) is 0 Å². The lowest BCUT2D eigenvalue weighted by Crippen LogP contribution is -2.24. The predicted octanol–water partition coefficient (Wildman–Crippen LogP) is 2.04. The van der Waals surface area contributed by atoms with Crippen molar-refractivity contribution in [2.75, 3.05) is 0 Å². The summed E-state index contributed by atoms with van der Waals surface area (Å²) in [4.78, 5) is 0. The van der Waals surface area contributed by atoms with Crippen LogP contribution in [0.3, 0.4) is 0 Å². The number of hydrogen-bond acceptors (Lipinski definition) is 4. The molecule has 18 heavy (non-hydrogen) atoms. The molecule has 0 saturated heterocycles. The highest BCUT2D eigenvalue weighted by atomic mass is 16.5. The molecular formula is C13H18N4O.